The Bertz CT molecular complexity index is 949. The molecule has 0 saturated carbocycles. The van der Waals surface area contributed by atoms with Gasteiger partial charge in [0.05, 0.1) is 18.1 Å². The summed E-state index contributed by atoms with van der Waals surface area (Å²) >= 11 is 0. The van der Waals surface area contributed by atoms with Crippen LogP contribution in [-0.4, -0.2) is 22.6 Å². The second-order valence-corrected chi connectivity index (χ2v) is 6.03. The fourth-order valence-electron chi connectivity index (χ4n) is 2.83. The van der Waals surface area contributed by atoms with Gasteiger partial charge >= 0.3 is 6.18 Å². The minimum absolute atomic E-state index is 0.194. The van der Waals surface area contributed by atoms with Gasteiger partial charge in [0, 0.05) is 6.54 Å². The summed E-state index contributed by atoms with van der Waals surface area (Å²) in [7, 11) is 1.55. The largest absolute Gasteiger partial charge is 0.497 e. The first-order valence-electron chi connectivity index (χ1n) is 8.26. The zero-order chi connectivity index (χ0) is 19.6. The molecule has 142 valence electrons. The molecule has 1 atom stereocenters. The highest BCUT2D eigenvalue weighted by molar-refractivity contribution is 5.84. The lowest BCUT2D eigenvalue weighted by atomic mass is 10.2. The minimum atomic E-state index is -4.66. The Kier molecular flexibility index (Phi) is 5.07. The van der Waals surface area contributed by atoms with E-state index in [0.29, 0.717) is 5.75 Å². The Morgan fingerprint density at radius 2 is 1.85 bits per heavy atom. The number of imidazole rings is 1. The van der Waals surface area contributed by atoms with E-state index in [0.717, 1.165) is 10.1 Å². The lowest BCUT2D eigenvalue weighted by Gasteiger charge is -2.18. The standard InChI is InChI=1S/C19H18F3N3O2/c1-12(17(26)23-11-13-7-9-14(27-2)10-8-13)25-16-6-4-3-5-15(16)24-18(25)19(20,21)22/h3-10,12H,11H2,1-2H3,(H,23,26)/t12-/m0/s1. The fraction of sp³-hybridized carbons (Fsp3) is 0.263. The number of methoxy groups -OCH3 is 1. The van der Waals surface area contributed by atoms with Crippen LogP contribution in [0.25, 0.3) is 11.0 Å². The van der Waals surface area contributed by atoms with E-state index in [-0.39, 0.29) is 17.6 Å². The van der Waals surface area contributed by atoms with Gasteiger partial charge in [0.15, 0.2) is 0 Å². The number of amides is 1. The number of halogens is 3. The van der Waals surface area contributed by atoms with Crippen LogP contribution in [0.5, 0.6) is 5.75 Å². The lowest BCUT2D eigenvalue weighted by Crippen LogP contribution is -2.32. The number of carbonyl (C=O) groups excluding carboxylic acids is 1. The maximum atomic E-state index is 13.4. The maximum absolute atomic E-state index is 13.4. The van der Waals surface area contributed by atoms with Crippen molar-refractivity contribution < 1.29 is 22.7 Å². The molecule has 0 unspecified atom stereocenters. The fourth-order valence-corrected chi connectivity index (χ4v) is 2.83. The summed E-state index contributed by atoms with van der Waals surface area (Å²) in [6, 6.07) is 12.2. The number of hydrogen-bond acceptors (Lipinski definition) is 3. The van der Waals surface area contributed by atoms with E-state index >= 15 is 0 Å². The zero-order valence-electron chi connectivity index (χ0n) is 14.7. The van der Waals surface area contributed by atoms with Crippen molar-refractivity contribution in [3.05, 3.63) is 59.9 Å². The molecule has 0 fully saturated rings. The molecule has 0 spiro atoms. The zero-order valence-corrected chi connectivity index (χ0v) is 14.7. The van der Waals surface area contributed by atoms with Crippen molar-refractivity contribution in [2.75, 3.05) is 7.11 Å². The summed E-state index contributed by atoms with van der Waals surface area (Å²) in [4.78, 5) is 16.2. The van der Waals surface area contributed by atoms with Gasteiger partial charge in [-0.05, 0) is 36.8 Å². The van der Waals surface area contributed by atoms with E-state index in [9.17, 15) is 18.0 Å². The van der Waals surface area contributed by atoms with Crippen LogP contribution in [0.1, 0.15) is 24.4 Å². The van der Waals surface area contributed by atoms with Crippen LogP contribution in [0.2, 0.25) is 0 Å². The molecule has 0 aliphatic heterocycles. The number of carbonyl (C=O) groups is 1. The predicted molar refractivity (Wildman–Crippen MR) is 94.3 cm³/mol. The van der Waals surface area contributed by atoms with Gasteiger partial charge in [-0.15, -0.1) is 0 Å². The Morgan fingerprint density at radius 3 is 2.48 bits per heavy atom. The van der Waals surface area contributed by atoms with Crippen molar-refractivity contribution in [2.45, 2.75) is 25.7 Å². The monoisotopic (exact) mass is 377 g/mol. The molecule has 2 aromatic carbocycles. The minimum Gasteiger partial charge on any atom is -0.497 e. The Morgan fingerprint density at radius 1 is 1.19 bits per heavy atom. The predicted octanol–water partition coefficient (Wildman–Crippen LogP) is 3.94. The van der Waals surface area contributed by atoms with Gasteiger partial charge in [0.2, 0.25) is 11.7 Å². The molecule has 3 rings (SSSR count). The third-order valence-electron chi connectivity index (χ3n) is 4.24. The van der Waals surface area contributed by atoms with Crippen molar-refractivity contribution in [3.63, 3.8) is 0 Å². The number of hydrogen-bond donors (Lipinski definition) is 1. The van der Waals surface area contributed by atoms with Crippen molar-refractivity contribution in [1.29, 1.82) is 0 Å². The summed E-state index contributed by atoms with van der Waals surface area (Å²) < 4.78 is 46.2. The number of benzene rings is 2. The van der Waals surface area contributed by atoms with Crippen LogP contribution in [0.15, 0.2) is 48.5 Å². The molecule has 8 heteroatoms. The maximum Gasteiger partial charge on any atom is 0.449 e. The average Bonchev–Trinajstić information content (AvgIpc) is 3.06. The van der Waals surface area contributed by atoms with Gasteiger partial charge in [0.1, 0.15) is 11.8 Å². The number of alkyl halides is 3. The summed E-state index contributed by atoms with van der Waals surface area (Å²) in [6.45, 7) is 1.62. The molecule has 27 heavy (non-hydrogen) atoms. The van der Waals surface area contributed by atoms with Crippen LogP contribution >= 0.6 is 0 Å². The summed E-state index contributed by atoms with van der Waals surface area (Å²) in [5.41, 5.74) is 1.26. The first kappa shape index (κ1) is 18.8. The van der Waals surface area contributed by atoms with E-state index in [2.05, 4.69) is 10.3 Å². The Labute approximate surface area is 153 Å². The van der Waals surface area contributed by atoms with E-state index in [1.165, 1.54) is 19.1 Å². The quantitative estimate of drug-likeness (QED) is 0.733. The Hall–Kier alpha value is -3.03. The number of rotatable bonds is 5. The van der Waals surface area contributed by atoms with Crippen LogP contribution in [0.4, 0.5) is 13.2 Å². The highest BCUT2D eigenvalue weighted by atomic mass is 19.4. The summed E-state index contributed by atoms with van der Waals surface area (Å²) in [5.74, 6) is -0.937. The van der Waals surface area contributed by atoms with Gasteiger partial charge in [-0.3, -0.25) is 4.79 Å². The van der Waals surface area contributed by atoms with Gasteiger partial charge in [0.25, 0.3) is 0 Å². The summed E-state index contributed by atoms with van der Waals surface area (Å²) in [6.07, 6.45) is -4.66. The molecular formula is C19H18F3N3O2. The number of nitrogens with one attached hydrogen (secondary N) is 1. The van der Waals surface area contributed by atoms with Crippen LogP contribution in [0.3, 0.4) is 0 Å². The topological polar surface area (TPSA) is 56.1 Å². The normalized spacial score (nSPS) is 12.8. The van der Waals surface area contributed by atoms with Gasteiger partial charge in [-0.2, -0.15) is 13.2 Å². The van der Waals surface area contributed by atoms with E-state index in [4.69, 9.17) is 4.74 Å². The number of ether oxygens (including phenoxy) is 1. The van der Waals surface area contributed by atoms with Crippen LogP contribution in [0, 0.1) is 0 Å². The van der Waals surface area contributed by atoms with Crippen LogP contribution in [-0.2, 0) is 17.5 Å². The molecule has 1 heterocycles. The molecule has 0 radical (unpaired) electrons. The lowest BCUT2D eigenvalue weighted by molar-refractivity contribution is -0.148. The van der Waals surface area contributed by atoms with Gasteiger partial charge < -0.3 is 14.6 Å². The molecule has 1 N–H and O–H groups in total. The molecule has 0 bridgehead atoms. The molecule has 0 aliphatic carbocycles. The second kappa shape index (κ2) is 7.30. The third kappa shape index (κ3) is 3.89. The average molecular weight is 377 g/mol. The highest BCUT2D eigenvalue weighted by Gasteiger charge is 2.39. The molecule has 3 aromatic rings. The molecule has 5 nitrogen and oxygen atoms in total. The van der Waals surface area contributed by atoms with E-state index in [1.807, 2.05) is 0 Å². The molecular weight excluding hydrogens is 359 g/mol. The molecule has 0 saturated heterocycles. The molecule has 1 aromatic heterocycles. The first-order valence-corrected chi connectivity index (χ1v) is 8.26. The van der Waals surface area contributed by atoms with Crippen molar-refractivity contribution in [2.24, 2.45) is 0 Å². The smallest absolute Gasteiger partial charge is 0.449 e. The number of para-hydroxylation sites is 2. The van der Waals surface area contributed by atoms with Gasteiger partial charge in [-0.25, -0.2) is 4.98 Å². The molecule has 0 aliphatic rings. The Balaban J connectivity index is 1.83. The van der Waals surface area contributed by atoms with Crippen molar-refractivity contribution in [3.8, 4) is 5.75 Å². The number of aromatic nitrogens is 2. The van der Waals surface area contributed by atoms with Gasteiger partial charge in [-0.1, -0.05) is 24.3 Å². The highest BCUT2D eigenvalue weighted by Crippen LogP contribution is 2.33. The number of fused-ring (bicyclic) bond motifs is 1. The number of nitrogens with zero attached hydrogens (tertiary/aromatic N) is 2. The van der Waals surface area contributed by atoms with E-state index < -0.39 is 23.9 Å². The van der Waals surface area contributed by atoms with Crippen LogP contribution < -0.4 is 10.1 Å². The van der Waals surface area contributed by atoms with Crippen molar-refractivity contribution >= 4 is 16.9 Å². The third-order valence-corrected chi connectivity index (χ3v) is 4.24. The van der Waals surface area contributed by atoms with Crippen molar-refractivity contribution in [1.82, 2.24) is 14.9 Å². The summed E-state index contributed by atoms with van der Waals surface area (Å²) in [5, 5.41) is 2.67. The molecule has 1 amide bonds. The first-order chi connectivity index (χ1) is 12.8. The second-order valence-electron chi connectivity index (χ2n) is 6.03. The van der Waals surface area contributed by atoms with E-state index in [1.54, 1.807) is 43.5 Å². The SMILES string of the molecule is COc1ccc(CNC(=O)[C@H](C)n2c(C(F)(F)F)nc3ccccc32)cc1.